The zero-order valence-corrected chi connectivity index (χ0v) is 12.0. The van der Waals surface area contributed by atoms with E-state index in [1.54, 1.807) is 24.3 Å². The molecule has 0 saturated carbocycles. The molecule has 0 spiro atoms. The minimum absolute atomic E-state index is 0.0671. The SMILES string of the molecule is C=CCc1ccccc1O.C=O.O=C(O)c1ccccc1O. The second kappa shape index (κ2) is 10.7. The van der Waals surface area contributed by atoms with Crippen molar-refractivity contribution in [2.45, 2.75) is 6.42 Å². The first-order chi connectivity index (χ1) is 10.6. The molecule has 0 saturated heterocycles. The van der Waals surface area contributed by atoms with Crippen LogP contribution in [0.5, 0.6) is 11.5 Å². The molecule has 0 radical (unpaired) electrons. The molecule has 0 amide bonds. The van der Waals surface area contributed by atoms with Gasteiger partial charge in [0.25, 0.3) is 0 Å². The highest BCUT2D eigenvalue weighted by atomic mass is 16.4. The van der Waals surface area contributed by atoms with Crippen LogP contribution in [0, 0.1) is 0 Å². The zero-order chi connectivity index (χ0) is 17.0. The minimum Gasteiger partial charge on any atom is -0.508 e. The standard InChI is InChI=1S/C9H10O.C7H6O3.CH2O/c1-2-5-8-6-3-4-7-9(8)10;8-6-4-2-1-3-5(6)7(9)10;1-2/h2-4,6-7,10H,1,5H2;1-4,8H,(H,9,10);1H2. The number of benzene rings is 2. The van der Waals surface area contributed by atoms with Gasteiger partial charge < -0.3 is 20.1 Å². The Labute approximate surface area is 128 Å². The number of para-hydroxylation sites is 2. The van der Waals surface area contributed by atoms with Gasteiger partial charge in [0.1, 0.15) is 23.9 Å². The van der Waals surface area contributed by atoms with Gasteiger partial charge in [0, 0.05) is 0 Å². The average molecular weight is 302 g/mol. The van der Waals surface area contributed by atoms with E-state index in [-0.39, 0.29) is 11.3 Å². The van der Waals surface area contributed by atoms with Gasteiger partial charge in [0.2, 0.25) is 0 Å². The number of hydrogen-bond acceptors (Lipinski definition) is 4. The Bertz CT molecular complexity index is 608. The summed E-state index contributed by atoms with van der Waals surface area (Å²) in [6.07, 6.45) is 2.50. The third-order valence-corrected chi connectivity index (χ3v) is 2.49. The molecule has 0 bridgehead atoms. The number of carboxylic acids is 1. The zero-order valence-electron chi connectivity index (χ0n) is 12.0. The molecular formula is C17H18O5. The van der Waals surface area contributed by atoms with Crippen LogP contribution < -0.4 is 0 Å². The molecule has 0 atom stereocenters. The van der Waals surface area contributed by atoms with E-state index >= 15 is 0 Å². The Balaban J connectivity index is 0.000000360. The predicted octanol–water partition coefficient (Wildman–Crippen LogP) is 3.03. The highest BCUT2D eigenvalue weighted by molar-refractivity contribution is 5.90. The molecule has 0 aliphatic carbocycles. The van der Waals surface area contributed by atoms with Crippen molar-refractivity contribution in [1.82, 2.24) is 0 Å². The Hall–Kier alpha value is -3.08. The lowest BCUT2D eigenvalue weighted by molar-refractivity contribution is -0.0980. The maximum Gasteiger partial charge on any atom is 0.339 e. The summed E-state index contributed by atoms with van der Waals surface area (Å²) in [7, 11) is 0. The fourth-order valence-electron chi connectivity index (χ4n) is 1.49. The Morgan fingerprint density at radius 1 is 0.955 bits per heavy atom. The van der Waals surface area contributed by atoms with Crippen LogP contribution in [0.4, 0.5) is 0 Å². The molecule has 2 aromatic carbocycles. The summed E-state index contributed by atoms with van der Waals surface area (Å²) in [6, 6.07) is 13.1. The van der Waals surface area contributed by atoms with E-state index in [0.29, 0.717) is 5.75 Å². The molecule has 0 unspecified atom stereocenters. The number of phenolic OH excluding ortho intramolecular Hbond substituents is 1. The molecule has 0 heterocycles. The average Bonchev–Trinajstić information content (AvgIpc) is 2.53. The number of carbonyl (C=O) groups is 2. The van der Waals surface area contributed by atoms with Crippen LogP contribution in [0.3, 0.4) is 0 Å². The van der Waals surface area contributed by atoms with Gasteiger partial charge in [-0.1, -0.05) is 36.4 Å². The Morgan fingerprint density at radius 2 is 1.45 bits per heavy atom. The number of hydrogen-bond donors (Lipinski definition) is 3. The van der Waals surface area contributed by atoms with Crippen molar-refractivity contribution >= 4 is 12.8 Å². The monoisotopic (exact) mass is 302 g/mol. The molecule has 2 aromatic rings. The molecule has 22 heavy (non-hydrogen) atoms. The summed E-state index contributed by atoms with van der Waals surface area (Å²) in [5.74, 6) is -0.962. The van der Waals surface area contributed by atoms with Crippen molar-refractivity contribution in [3.05, 3.63) is 72.3 Å². The number of allylic oxidation sites excluding steroid dienone is 1. The first-order valence-electron chi connectivity index (χ1n) is 6.24. The topological polar surface area (TPSA) is 94.8 Å². The maximum absolute atomic E-state index is 10.3. The fourth-order valence-corrected chi connectivity index (χ4v) is 1.49. The summed E-state index contributed by atoms with van der Waals surface area (Å²) in [4.78, 5) is 18.3. The first kappa shape index (κ1) is 18.9. The van der Waals surface area contributed by atoms with Gasteiger partial charge in [0.15, 0.2) is 0 Å². The third-order valence-electron chi connectivity index (χ3n) is 2.49. The summed E-state index contributed by atoms with van der Waals surface area (Å²) in [5.41, 5.74) is 0.861. The number of aromatic hydroxyl groups is 2. The second-order valence-electron chi connectivity index (χ2n) is 3.94. The van der Waals surface area contributed by atoms with Crippen LogP contribution in [0.2, 0.25) is 0 Å². The van der Waals surface area contributed by atoms with Gasteiger partial charge >= 0.3 is 5.97 Å². The van der Waals surface area contributed by atoms with Crippen LogP contribution in [0.25, 0.3) is 0 Å². The predicted molar refractivity (Wildman–Crippen MR) is 84.2 cm³/mol. The lowest BCUT2D eigenvalue weighted by Gasteiger charge is -1.97. The number of carboxylic acid groups (broad SMARTS) is 1. The lowest BCUT2D eigenvalue weighted by atomic mass is 10.1. The van der Waals surface area contributed by atoms with Crippen molar-refractivity contribution in [2.24, 2.45) is 0 Å². The van der Waals surface area contributed by atoms with Crippen LogP contribution in [-0.4, -0.2) is 28.1 Å². The van der Waals surface area contributed by atoms with Crippen molar-refractivity contribution in [3.8, 4) is 11.5 Å². The molecule has 0 aliphatic heterocycles. The van der Waals surface area contributed by atoms with Crippen LogP contribution in [-0.2, 0) is 11.2 Å². The molecule has 5 heteroatoms. The van der Waals surface area contributed by atoms with Gasteiger partial charge in [-0.05, 0) is 30.2 Å². The van der Waals surface area contributed by atoms with Crippen molar-refractivity contribution in [3.63, 3.8) is 0 Å². The number of rotatable bonds is 3. The van der Waals surface area contributed by atoms with E-state index in [1.165, 1.54) is 12.1 Å². The smallest absolute Gasteiger partial charge is 0.339 e. The molecule has 0 aromatic heterocycles. The molecular weight excluding hydrogens is 284 g/mol. The van der Waals surface area contributed by atoms with E-state index in [4.69, 9.17) is 15.0 Å². The maximum atomic E-state index is 10.3. The highest BCUT2D eigenvalue weighted by Crippen LogP contribution is 2.15. The summed E-state index contributed by atoms with van der Waals surface area (Å²) < 4.78 is 0. The van der Waals surface area contributed by atoms with E-state index in [0.717, 1.165) is 12.0 Å². The highest BCUT2D eigenvalue weighted by Gasteiger charge is 2.05. The summed E-state index contributed by atoms with van der Waals surface area (Å²) in [6.45, 7) is 5.59. The van der Waals surface area contributed by atoms with E-state index in [1.807, 2.05) is 25.0 Å². The van der Waals surface area contributed by atoms with Crippen molar-refractivity contribution in [2.75, 3.05) is 0 Å². The van der Waals surface area contributed by atoms with Crippen molar-refractivity contribution < 1.29 is 24.9 Å². The number of phenols is 2. The van der Waals surface area contributed by atoms with E-state index < -0.39 is 5.97 Å². The van der Waals surface area contributed by atoms with E-state index in [9.17, 15) is 9.90 Å². The fraction of sp³-hybridized carbons (Fsp3) is 0.0588. The van der Waals surface area contributed by atoms with Gasteiger partial charge in [-0.25, -0.2) is 4.79 Å². The summed E-state index contributed by atoms with van der Waals surface area (Å²) in [5, 5.41) is 26.5. The quantitative estimate of drug-likeness (QED) is 0.757. The van der Waals surface area contributed by atoms with Crippen LogP contribution in [0.15, 0.2) is 61.2 Å². The molecule has 116 valence electrons. The number of aromatic carboxylic acids is 1. The minimum atomic E-state index is -1.11. The molecule has 3 N–H and O–H groups in total. The normalized spacial score (nSPS) is 8.55. The number of carbonyl (C=O) groups excluding carboxylic acids is 1. The van der Waals surface area contributed by atoms with Gasteiger partial charge in [-0.15, -0.1) is 6.58 Å². The Kier molecular flexibility index (Phi) is 9.18. The van der Waals surface area contributed by atoms with E-state index in [2.05, 4.69) is 6.58 Å². The Morgan fingerprint density at radius 3 is 1.86 bits per heavy atom. The second-order valence-corrected chi connectivity index (χ2v) is 3.94. The molecule has 2 rings (SSSR count). The van der Waals surface area contributed by atoms with Gasteiger partial charge in [-0.3, -0.25) is 0 Å². The van der Waals surface area contributed by atoms with Crippen LogP contribution >= 0.6 is 0 Å². The third kappa shape index (κ3) is 6.38. The molecule has 0 aliphatic rings. The van der Waals surface area contributed by atoms with Crippen molar-refractivity contribution in [1.29, 1.82) is 0 Å². The lowest BCUT2D eigenvalue weighted by Crippen LogP contribution is -1.95. The summed E-state index contributed by atoms with van der Waals surface area (Å²) >= 11 is 0. The van der Waals surface area contributed by atoms with Gasteiger partial charge in [-0.2, -0.15) is 0 Å². The van der Waals surface area contributed by atoms with Gasteiger partial charge in [0.05, 0.1) is 0 Å². The molecule has 0 fully saturated rings. The van der Waals surface area contributed by atoms with Crippen LogP contribution in [0.1, 0.15) is 15.9 Å². The first-order valence-corrected chi connectivity index (χ1v) is 6.24. The molecule has 5 nitrogen and oxygen atoms in total. The largest absolute Gasteiger partial charge is 0.508 e.